The number of benzene rings is 2. The standard InChI is InChI=1S/C23H26N2O3/c26-16-23(13-17-7-3-1-4-8-17)14-19-11-12-20(23)25(19)21(27)15-24-22(28)18-9-5-2-6-10-18/h1-10,19-20,26H,11-16H2,(H,24,28)/t19-,20+,23-/m0/s1. The summed E-state index contributed by atoms with van der Waals surface area (Å²) in [6.45, 7) is 0.0663. The molecule has 2 saturated heterocycles. The number of fused-ring (bicyclic) bond motifs is 2. The van der Waals surface area contributed by atoms with Gasteiger partial charge in [0.2, 0.25) is 5.91 Å². The third-order valence-corrected chi connectivity index (χ3v) is 6.29. The number of hydrogen-bond donors (Lipinski definition) is 2. The van der Waals surface area contributed by atoms with Crippen molar-refractivity contribution in [2.45, 2.75) is 37.8 Å². The molecular formula is C23H26N2O3. The molecule has 146 valence electrons. The van der Waals surface area contributed by atoms with Crippen molar-refractivity contribution in [1.29, 1.82) is 0 Å². The quantitative estimate of drug-likeness (QED) is 0.811. The number of carbonyl (C=O) groups is 2. The van der Waals surface area contributed by atoms with Crippen molar-refractivity contribution >= 4 is 11.8 Å². The highest BCUT2D eigenvalue weighted by atomic mass is 16.3. The van der Waals surface area contributed by atoms with E-state index >= 15 is 0 Å². The minimum atomic E-state index is -0.288. The van der Waals surface area contributed by atoms with Gasteiger partial charge in [-0.05, 0) is 43.4 Å². The zero-order valence-electron chi connectivity index (χ0n) is 15.9. The van der Waals surface area contributed by atoms with Gasteiger partial charge < -0.3 is 15.3 Å². The van der Waals surface area contributed by atoms with E-state index in [1.54, 1.807) is 24.3 Å². The van der Waals surface area contributed by atoms with Crippen molar-refractivity contribution in [2.24, 2.45) is 5.41 Å². The van der Waals surface area contributed by atoms with E-state index in [4.69, 9.17) is 0 Å². The van der Waals surface area contributed by atoms with E-state index in [-0.39, 0.29) is 42.5 Å². The van der Waals surface area contributed by atoms with Crippen LogP contribution >= 0.6 is 0 Å². The second-order valence-corrected chi connectivity index (χ2v) is 7.98. The summed E-state index contributed by atoms with van der Waals surface area (Å²) in [7, 11) is 0. The number of carbonyl (C=O) groups excluding carboxylic acids is 2. The monoisotopic (exact) mass is 378 g/mol. The molecule has 0 radical (unpaired) electrons. The molecule has 2 fully saturated rings. The fourth-order valence-corrected chi connectivity index (χ4v) is 5.02. The molecule has 2 heterocycles. The molecule has 4 rings (SSSR count). The molecule has 0 aliphatic carbocycles. The Bertz CT molecular complexity index is 839. The maximum atomic E-state index is 12.9. The number of hydrogen-bond acceptors (Lipinski definition) is 3. The SMILES string of the molecule is O=C(NCC(=O)N1[C@H]2CC[C@@H]1[C@@](CO)(Cc1ccccc1)C2)c1ccccc1. The highest BCUT2D eigenvalue weighted by Crippen LogP contribution is 2.51. The van der Waals surface area contributed by atoms with Crippen LogP contribution in [-0.2, 0) is 11.2 Å². The lowest BCUT2D eigenvalue weighted by Crippen LogP contribution is -2.47. The number of aliphatic hydroxyl groups excluding tert-OH is 1. The maximum Gasteiger partial charge on any atom is 0.251 e. The first-order valence-electron chi connectivity index (χ1n) is 9.92. The van der Waals surface area contributed by atoms with Gasteiger partial charge in [-0.25, -0.2) is 0 Å². The second kappa shape index (κ2) is 7.76. The zero-order valence-corrected chi connectivity index (χ0v) is 15.9. The van der Waals surface area contributed by atoms with E-state index in [9.17, 15) is 14.7 Å². The van der Waals surface area contributed by atoms with Crippen LogP contribution in [0.4, 0.5) is 0 Å². The van der Waals surface area contributed by atoms with Gasteiger partial charge in [-0.2, -0.15) is 0 Å². The molecule has 2 aliphatic rings. The van der Waals surface area contributed by atoms with Gasteiger partial charge in [-0.3, -0.25) is 9.59 Å². The Morgan fingerprint density at radius 3 is 2.39 bits per heavy atom. The molecule has 2 amide bonds. The molecule has 2 aliphatic heterocycles. The fourth-order valence-electron chi connectivity index (χ4n) is 5.02. The van der Waals surface area contributed by atoms with E-state index in [1.807, 2.05) is 29.2 Å². The van der Waals surface area contributed by atoms with Gasteiger partial charge >= 0.3 is 0 Å². The average Bonchev–Trinajstić information content (AvgIpc) is 3.29. The third kappa shape index (κ3) is 3.42. The molecule has 28 heavy (non-hydrogen) atoms. The summed E-state index contributed by atoms with van der Waals surface area (Å²) in [4.78, 5) is 27.1. The van der Waals surface area contributed by atoms with Crippen LogP contribution < -0.4 is 5.32 Å². The van der Waals surface area contributed by atoms with Gasteiger partial charge in [0.25, 0.3) is 5.91 Å². The lowest BCUT2D eigenvalue weighted by molar-refractivity contribution is -0.132. The molecule has 3 atom stereocenters. The summed E-state index contributed by atoms with van der Waals surface area (Å²) in [5, 5.41) is 13.0. The minimum Gasteiger partial charge on any atom is -0.396 e. The maximum absolute atomic E-state index is 12.9. The first kappa shape index (κ1) is 18.7. The molecule has 2 bridgehead atoms. The van der Waals surface area contributed by atoms with Crippen LogP contribution in [0, 0.1) is 5.41 Å². The summed E-state index contributed by atoms with van der Waals surface area (Å²) >= 11 is 0. The molecule has 0 aromatic heterocycles. The van der Waals surface area contributed by atoms with E-state index in [1.165, 1.54) is 5.56 Å². The first-order valence-corrected chi connectivity index (χ1v) is 9.92. The lowest BCUT2D eigenvalue weighted by atomic mass is 9.70. The highest BCUT2D eigenvalue weighted by Gasteiger charge is 2.56. The molecule has 2 aromatic carbocycles. The van der Waals surface area contributed by atoms with Gasteiger partial charge in [0, 0.05) is 23.1 Å². The van der Waals surface area contributed by atoms with Crippen LogP contribution in [0.15, 0.2) is 60.7 Å². The summed E-state index contributed by atoms with van der Waals surface area (Å²) in [5.74, 6) is -0.293. The van der Waals surface area contributed by atoms with Crippen molar-refractivity contribution in [3.8, 4) is 0 Å². The molecule has 0 unspecified atom stereocenters. The van der Waals surface area contributed by atoms with Crippen LogP contribution in [0.1, 0.15) is 35.2 Å². The Balaban J connectivity index is 1.44. The van der Waals surface area contributed by atoms with Crippen molar-refractivity contribution < 1.29 is 14.7 Å². The van der Waals surface area contributed by atoms with Crippen LogP contribution in [0.5, 0.6) is 0 Å². The van der Waals surface area contributed by atoms with Gasteiger partial charge in [0.15, 0.2) is 0 Å². The Hall–Kier alpha value is -2.66. The minimum absolute atomic E-state index is 0.00638. The highest BCUT2D eigenvalue weighted by molar-refractivity contribution is 5.96. The normalized spacial score (nSPS) is 25.7. The average molecular weight is 378 g/mol. The molecule has 5 nitrogen and oxygen atoms in total. The number of nitrogens with zero attached hydrogens (tertiary/aromatic N) is 1. The van der Waals surface area contributed by atoms with E-state index in [2.05, 4.69) is 17.4 Å². The summed E-state index contributed by atoms with van der Waals surface area (Å²) in [6, 6.07) is 19.3. The van der Waals surface area contributed by atoms with Crippen LogP contribution in [-0.4, -0.2) is 47.1 Å². The zero-order chi connectivity index (χ0) is 19.6. The smallest absolute Gasteiger partial charge is 0.251 e. The molecule has 0 saturated carbocycles. The molecule has 0 spiro atoms. The Labute approximate surface area is 165 Å². The summed E-state index contributed by atoms with van der Waals surface area (Å²) < 4.78 is 0. The Morgan fingerprint density at radius 1 is 1.04 bits per heavy atom. The van der Waals surface area contributed by atoms with E-state index < -0.39 is 0 Å². The van der Waals surface area contributed by atoms with E-state index in [0.717, 1.165) is 25.7 Å². The first-order chi connectivity index (χ1) is 13.6. The molecular weight excluding hydrogens is 352 g/mol. The molecule has 2 aromatic rings. The summed E-state index contributed by atoms with van der Waals surface area (Å²) in [5.41, 5.74) is 1.45. The largest absolute Gasteiger partial charge is 0.396 e. The van der Waals surface area contributed by atoms with Gasteiger partial charge in [0.05, 0.1) is 13.2 Å². The fraction of sp³-hybridized carbons (Fsp3) is 0.391. The number of rotatable bonds is 6. The predicted octanol–water partition coefficient (Wildman–Crippen LogP) is 2.40. The lowest BCUT2D eigenvalue weighted by Gasteiger charge is -2.36. The Kier molecular flexibility index (Phi) is 5.18. The number of nitrogens with one attached hydrogen (secondary N) is 1. The van der Waals surface area contributed by atoms with Crippen molar-refractivity contribution in [2.75, 3.05) is 13.2 Å². The van der Waals surface area contributed by atoms with Crippen LogP contribution in [0.2, 0.25) is 0 Å². The second-order valence-electron chi connectivity index (χ2n) is 7.98. The predicted molar refractivity (Wildman–Crippen MR) is 107 cm³/mol. The number of amides is 2. The van der Waals surface area contributed by atoms with Crippen molar-refractivity contribution in [3.05, 3.63) is 71.8 Å². The molecule has 5 heteroatoms. The van der Waals surface area contributed by atoms with Gasteiger partial charge in [0.1, 0.15) is 0 Å². The van der Waals surface area contributed by atoms with Gasteiger partial charge in [-0.1, -0.05) is 48.5 Å². The topological polar surface area (TPSA) is 69.6 Å². The van der Waals surface area contributed by atoms with Crippen LogP contribution in [0.25, 0.3) is 0 Å². The van der Waals surface area contributed by atoms with Gasteiger partial charge in [-0.15, -0.1) is 0 Å². The van der Waals surface area contributed by atoms with Crippen molar-refractivity contribution in [1.82, 2.24) is 10.2 Å². The Morgan fingerprint density at radius 2 is 1.71 bits per heavy atom. The van der Waals surface area contributed by atoms with E-state index in [0.29, 0.717) is 5.56 Å². The number of aliphatic hydroxyl groups is 1. The summed E-state index contributed by atoms with van der Waals surface area (Å²) in [6.07, 6.45) is 3.48. The van der Waals surface area contributed by atoms with Crippen LogP contribution in [0.3, 0.4) is 0 Å². The third-order valence-electron chi connectivity index (χ3n) is 6.29. The molecule has 2 N–H and O–H groups in total. The van der Waals surface area contributed by atoms with Crippen molar-refractivity contribution in [3.63, 3.8) is 0 Å².